The molecule has 2 heterocycles. The Morgan fingerprint density at radius 3 is 2.37 bits per heavy atom. The Balaban J connectivity index is 1.28. The number of nitrogens with one attached hydrogen (secondary N) is 2. The van der Waals surface area contributed by atoms with Gasteiger partial charge >= 0.3 is 0 Å². The van der Waals surface area contributed by atoms with Gasteiger partial charge in [0.2, 0.25) is 5.91 Å². The van der Waals surface area contributed by atoms with E-state index < -0.39 is 0 Å². The number of hydrogen-bond acceptors (Lipinski definition) is 4. The number of benzene rings is 3. The summed E-state index contributed by atoms with van der Waals surface area (Å²) in [6.45, 7) is 0.257. The van der Waals surface area contributed by atoms with Crippen LogP contribution in [-0.4, -0.2) is 21.6 Å². The zero-order valence-corrected chi connectivity index (χ0v) is 19.6. The maximum atomic E-state index is 13.1. The largest absolute Gasteiger partial charge is 0.350 e. The van der Waals surface area contributed by atoms with E-state index in [-0.39, 0.29) is 30.7 Å². The topological polar surface area (TPSA) is 76.0 Å². The molecule has 0 atom stereocenters. The highest BCUT2D eigenvalue weighted by atomic mass is 32.2. The van der Waals surface area contributed by atoms with Crippen LogP contribution in [0.3, 0.4) is 0 Å². The van der Waals surface area contributed by atoms with Crippen LogP contribution in [0.1, 0.15) is 27.2 Å². The second kappa shape index (κ2) is 10.1. The van der Waals surface area contributed by atoms with Crippen LogP contribution in [0.5, 0.6) is 0 Å². The number of aromatic nitrogens is 2. The van der Waals surface area contributed by atoms with Crippen molar-refractivity contribution in [2.45, 2.75) is 24.6 Å². The van der Waals surface area contributed by atoms with Crippen molar-refractivity contribution in [1.82, 2.24) is 15.1 Å². The number of anilines is 1. The van der Waals surface area contributed by atoms with Crippen LogP contribution in [0, 0.1) is 5.82 Å². The maximum Gasteiger partial charge on any atom is 0.256 e. The third kappa shape index (κ3) is 5.27. The lowest BCUT2D eigenvalue weighted by Crippen LogP contribution is -2.28. The van der Waals surface area contributed by atoms with Gasteiger partial charge in [0.15, 0.2) is 0 Å². The molecule has 3 aromatic carbocycles. The summed E-state index contributed by atoms with van der Waals surface area (Å²) in [7, 11) is 0. The van der Waals surface area contributed by atoms with E-state index in [0.29, 0.717) is 11.4 Å². The molecule has 176 valence electrons. The van der Waals surface area contributed by atoms with Gasteiger partial charge in [-0.25, -0.2) is 9.07 Å². The van der Waals surface area contributed by atoms with Gasteiger partial charge in [-0.2, -0.15) is 16.9 Å². The lowest BCUT2D eigenvalue weighted by atomic mass is 10.0. The van der Waals surface area contributed by atoms with Crippen LogP contribution in [0.2, 0.25) is 0 Å². The highest BCUT2D eigenvalue weighted by molar-refractivity contribution is 7.98. The molecule has 0 bridgehead atoms. The molecule has 2 amide bonds. The molecule has 0 radical (unpaired) electrons. The Kier molecular flexibility index (Phi) is 6.63. The fourth-order valence-electron chi connectivity index (χ4n) is 3.94. The van der Waals surface area contributed by atoms with E-state index in [1.54, 1.807) is 40.7 Å². The number of rotatable bonds is 7. The van der Waals surface area contributed by atoms with Crippen molar-refractivity contribution < 1.29 is 14.0 Å². The summed E-state index contributed by atoms with van der Waals surface area (Å²) < 4.78 is 14.6. The Hall–Kier alpha value is -3.91. The molecule has 4 aromatic rings. The minimum absolute atomic E-state index is 0.0264. The molecule has 0 saturated carbocycles. The summed E-state index contributed by atoms with van der Waals surface area (Å²) in [5, 5.41) is 10.4. The zero-order chi connectivity index (χ0) is 24.2. The van der Waals surface area contributed by atoms with E-state index in [1.165, 1.54) is 12.1 Å². The molecule has 0 saturated heterocycles. The fraction of sp³-hybridized carbons (Fsp3) is 0.148. The Morgan fingerprint density at radius 2 is 1.63 bits per heavy atom. The maximum absolute atomic E-state index is 13.1. The van der Waals surface area contributed by atoms with Crippen molar-refractivity contribution in [2.24, 2.45) is 0 Å². The first-order valence-corrected chi connectivity index (χ1v) is 12.4. The van der Waals surface area contributed by atoms with Crippen LogP contribution in [-0.2, 0) is 29.4 Å². The number of halogens is 1. The van der Waals surface area contributed by atoms with Crippen molar-refractivity contribution in [3.05, 3.63) is 107 Å². The van der Waals surface area contributed by atoms with Gasteiger partial charge in [-0.05, 0) is 41.0 Å². The molecule has 0 spiro atoms. The van der Waals surface area contributed by atoms with Crippen molar-refractivity contribution in [3.63, 3.8) is 0 Å². The number of hydrogen-bond donors (Lipinski definition) is 2. The second-order valence-corrected chi connectivity index (χ2v) is 9.21. The Bertz CT molecular complexity index is 1350. The molecular formula is C27H23FN4O2S. The average molecular weight is 487 g/mol. The molecule has 0 aliphatic carbocycles. The van der Waals surface area contributed by atoms with Crippen LogP contribution >= 0.6 is 11.8 Å². The molecule has 1 aliphatic heterocycles. The van der Waals surface area contributed by atoms with Gasteiger partial charge in [0, 0.05) is 29.2 Å². The number of carbonyl (C=O) groups excluding carboxylic acids is 2. The zero-order valence-electron chi connectivity index (χ0n) is 18.8. The predicted octanol–water partition coefficient (Wildman–Crippen LogP) is 5.00. The molecule has 0 fully saturated rings. The minimum Gasteiger partial charge on any atom is -0.350 e. The summed E-state index contributed by atoms with van der Waals surface area (Å²) in [6, 6.07) is 23.4. The van der Waals surface area contributed by atoms with E-state index in [4.69, 9.17) is 0 Å². The molecule has 8 heteroatoms. The van der Waals surface area contributed by atoms with Crippen LogP contribution in [0.25, 0.3) is 11.1 Å². The average Bonchev–Trinajstić information content (AvgIpc) is 3.46. The second-order valence-electron chi connectivity index (χ2n) is 8.22. The molecule has 0 unspecified atom stereocenters. The normalized spacial score (nSPS) is 12.3. The van der Waals surface area contributed by atoms with Gasteiger partial charge in [-0.15, -0.1) is 0 Å². The predicted molar refractivity (Wildman–Crippen MR) is 135 cm³/mol. The third-order valence-corrected chi connectivity index (χ3v) is 6.77. The first-order chi connectivity index (χ1) is 17.1. The smallest absolute Gasteiger partial charge is 0.256 e. The quantitative estimate of drug-likeness (QED) is 0.385. The van der Waals surface area contributed by atoms with Crippen LogP contribution < -0.4 is 10.6 Å². The molecule has 35 heavy (non-hydrogen) atoms. The molecular weight excluding hydrogens is 463 g/mol. The first-order valence-electron chi connectivity index (χ1n) is 11.2. The summed E-state index contributed by atoms with van der Waals surface area (Å²) in [4.78, 5) is 25.6. The number of nitrogens with zero attached hydrogens (tertiary/aromatic N) is 2. The van der Waals surface area contributed by atoms with Gasteiger partial charge < -0.3 is 10.6 Å². The molecule has 1 aromatic heterocycles. The first kappa shape index (κ1) is 22.9. The molecule has 6 nitrogen and oxygen atoms in total. The number of thioether (sulfide) groups is 1. The van der Waals surface area contributed by atoms with Gasteiger partial charge in [0.25, 0.3) is 5.91 Å². The summed E-state index contributed by atoms with van der Waals surface area (Å²) in [5.41, 5.74) is 5.28. The lowest BCUT2D eigenvalue weighted by Gasteiger charge is -2.12. The summed E-state index contributed by atoms with van der Waals surface area (Å²) >= 11 is 1.72. The molecule has 1 aliphatic rings. The summed E-state index contributed by atoms with van der Waals surface area (Å²) in [6.07, 6.45) is 0. The summed E-state index contributed by atoms with van der Waals surface area (Å²) in [5.74, 6) is 1.21. The van der Waals surface area contributed by atoms with Crippen LogP contribution in [0.15, 0.2) is 78.9 Å². The van der Waals surface area contributed by atoms with Crippen LogP contribution in [0.4, 0.5) is 10.2 Å². The lowest BCUT2D eigenvalue weighted by molar-refractivity contribution is -0.122. The van der Waals surface area contributed by atoms with E-state index in [2.05, 4.69) is 15.7 Å². The van der Waals surface area contributed by atoms with Gasteiger partial charge in [0.05, 0.1) is 5.69 Å². The van der Waals surface area contributed by atoms with E-state index in [0.717, 1.165) is 39.5 Å². The number of amides is 2. The Labute approximate surface area is 206 Å². The van der Waals surface area contributed by atoms with Crippen molar-refractivity contribution >= 4 is 29.4 Å². The van der Waals surface area contributed by atoms with Crippen molar-refractivity contribution in [3.8, 4) is 11.1 Å². The van der Waals surface area contributed by atoms with Gasteiger partial charge in [-0.1, -0.05) is 54.6 Å². The minimum atomic E-state index is -0.320. The fourth-order valence-corrected chi connectivity index (χ4v) is 4.97. The number of fused-ring (bicyclic) bond motifs is 1. The third-order valence-electron chi connectivity index (χ3n) is 5.80. The highest BCUT2D eigenvalue weighted by Crippen LogP contribution is 2.35. The van der Waals surface area contributed by atoms with E-state index in [9.17, 15) is 14.0 Å². The SMILES string of the molecule is O=C(Cn1nc2c(c1NC(=O)c1ccc(-c3ccccc3)cc1)CSC2)NCc1ccc(F)cc1. The van der Waals surface area contributed by atoms with E-state index >= 15 is 0 Å². The number of carbonyl (C=O) groups is 2. The van der Waals surface area contributed by atoms with Crippen molar-refractivity contribution in [2.75, 3.05) is 5.32 Å². The Morgan fingerprint density at radius 1 is 0.914 bits per heavy atom. The highest BCUT2D eigenvalue weighted by Gasteiger charge is 2.25. The monoisotopic (exact) mass is 486 g/mol. The molecule has 2 N–H and O–H groups in total. The van der Waals surface area contributed by atoms with Crippen molar-refractivity contribution in [1.29, 1.82) is 0 Å². The molecule has 5 rings (SSSR count). The van der Waals surface area contributed by atoms with Gasteiger partial charge in [0.1, 0.15) is 18.2 Å². The van der Waals surface area contributed by atoms with E-state index in [1.807, 2.05) is 42.5 Å². The van der Waals surface area contributed by atoms with Gasteiger partial charge in [-0.3, -0.25) is 9.59 Å². The standard InChI is InChI=1S/C27H23FN4O2S/c28-22-12-6-18(7-13-22)14-29-25(33)15-32-26(23-16-35-17-24(23)31-32)30-27(34)21-10-8-20(9-11-21)19-4-2-1-3-5-19/h1-13H,14-17H2,(H,29,33)(H,30,34).